The van der Waals surface area contributed by atoms with Crippen molar-refractivity contribution in [2.24, 2.45) is 0 Å². The van der Waals surface area contributed by atoms with E-state index in [9.17, 15) is 9.59 Å². The van der Waals surface area contributed by atoms with Gasteiger partial charge in [-0.2, -0.15) is 5.26 Å². The number of imidazole rings is 1. The molecule has 1 aliphatic heterocycles. The third-order valence-corrected chi connectivity index (χ3v) is 4.38. The van der Waals surface area contributed by atoms with Crippen molar-refractivity contribution in [2.45, 2.75) is 25.8 Å². The molecule has 3 rings (SSSR count). The summed E-state index contributed by atoms with van der Waals surface area (Å²) in [6.07, 6.45) is 2.59. The molecule has 1 aliphatic rings. The number of amides is 2. The highest BCUT2D eigenvalue weighted by atomic mass is 16.5. The van der Waals surface area contributed by atoms with Gasteiger partial charge in [0.25, 0.3) is 11.8 Å². The van der Waals surface area contributed by atoms with Crippen molar-refractivity contribution in [2.75, 3.05) is 25.6 Å². The molecule has 140 valence electrons. The fourth-order valence-electron chi connectivity index (χ4n) is 3.10. The van der Waals surface area contributed by atoms with Gasteiger partial charge in [-0.25, -0.2) is 4.98 Å². The molecule has 8 nitrogen and oxygen atoms in total. The van der Waals surface area contributed by atoms with Crippen molar-refractivity contribution in [3.05, 3.63) is 47.0 Å². The average Bonchev–Trinajstić information content (AvgIpc) is 3.08. The quantitative estimate of drug-likeness (QED) is 0.756. The number of carbonyl (C=O) groups excluding carboxylic acids is 2. The first kappa shape index (κ1) is 18.6. The van der Waals surface area contributed by atoms with Crippen LogP contribution in [0.5, 0.6) is 0 Å². The number of rotatable bonds is 6. The minimum atomic E-state index is -0.399. The largest absolute Gasteiger partial charge is 0.383 e. The first-order valence-electron chi connectivity index (χ1n) is 8.82. The summed E-state index contributed by atoms with van der Waals surface area (Å²) < 4.78 is 6.76. The van der Waals surface area contributed by atoms with Crippen LogP contribution in [-0.2, 0) is 17.7 Å². The van der Waals surface area contributed by atoms with E-state index in [1.165, 1.54) is 0 Å². The highest BCUT2D eigenvalue weighted by Crippen LogP contribution is 2.22. The third kappa shape index (κ3) is 4.15. The fourth-order valence-corrected chi connectivity index (χ4v) is 3.10. The highest BCUT2D eigenvalue weighted by molar-refractivity contribution is 6.03. The number of ether oxygens (including phenoxy) is 1. The molecule has 0 spiro atoms. The molecule has 0 radical (unpaired) electrons. The molecular formula is C19H21N5O3. The summed E-state index contributed by atoms with van der Waals surface area (Å²) in [5, 5.41) is 14.5. The number of methoxy groups -OCH3 is 1. The molecule has 1 aromatic heterocycles. The summed E-state index contributed by atoms with van der Waals surface area (Å²) >= 11 is 0. The Morgan fingerprint density at radius 2 is 2.19 bits per heavy atom. The van der Waals surface area contributed by atoms with E-state index in [0.29, 0.717) is 43.1 Å². The van der Waals surface area contributed by atoms with Crippen LogP contribution in [-0.4, -0.2) is 41.6 Å². The lowest BCUT2D eigenvalue weighted by molar-refractivity contribution is 0.0931. The van der Waals surface area contributed by atoms with Gasteiger partial charge in [-0.1, -0.05) is 6.07 Å². The maximum absolute atomic E-state index is 12.8. The van der Waals surface area contributed by atoms with Crippen molar-refractivity contribution >= 4 is 17.5 Å². The van der Waals surface area contributed by atoms with Gasteiger partial charge in [0, 0.05) is 25.9 Å². The summed E-state index contributed by atoms with van der Waals surface area (Å²) in [6.45, 7) is 1.43. The van der Waals surface area contributed by atoms with Crippen LogP contribution in [0.15, 0.2) is 24.3 Å². The van der Waals surface area contributed by atoms with E-state index in [4.69, 9.17) is 10.00 Å². The number of anilines is 1. The molecule has 2 aromatic rings. The normalized spacial score (nSPS) is 12.7. The third-order valence-electron chi connectivity index (χ3n) is 4.38. The Kier molecular flexibility index (Phi) is 5.84. The Morgan fingerprint density at radius 1 is 1.33 bits per heavy atom. The highest BCUT2D eigenvalue weighted by Gasteiger charge is 2.27. The van der Waals surface area contributed by atoms with Gasteiger partial charge in [-0.15, -0.1) is 0 Å². The number of hydrogen-bond acceptors (Lipinski definition) is 5. The van der Waals surface area contributed by atoms with Gasteiger partial charge < -0.3 is 19.9 Å². The van der Waals surface area contributed by atoms with E-state index in [1.54, 1.807) is 31.4 Å². The van der Waals surface area contributed by atoms with Gasteiger partial charge in [-0.3, -0.25) is 9.59 Å². The van der Waals surface area contributed by atoms with Gasteiger partial charge in [0.1, 0.15) is 5.69 Å². The predicted octanol–water partition coefficient (Wildman–Crippen LogP) is 1.72. The molecule has 2 N–H and O–H groups in total. The van der Waals surface area contributed by atoms with Crippen molar-refractivity contribution in [3.63, 3.8) is 0 Å². The Hall–Kier alpha value is -3.18. The second-order valence-corrected chi connectivity index (χ2v) is 6.23. The molecule has 0 fully saturated rings. The van der Waals surface area contributed by atoms with Gasteiger partial charge in [0.05, 0.1) is 23.9 Å². The van der Waals surface area contributed by atoms with Crippen LogP contribution in [0.2, 0.25) is 0 Å². The van der Waals surface area contributed by atoms with Gasteiger partial charge in [-0.05, 0) is 37.5 Å². The van der Waals surface area contributed by atoms with Crippen molar-refractivity contribution in [1.29, 1.82) is 5.26 Å². The van der Waals surface area contributed by atoms with E-state index in [0.717, 1.165) is 18.5 Å². The molecule has 2 amide bonds. The summed E-state index contributed by atoms with van der Waals surface area (Å²) in [5.41, 5.74) is 2.04. The number of fused-ring (bicyclic) bond motifs is 1. The number of nitrogens with one attached hydrogen (secondary N) is 2. The van der Waals surface area contributed by atoms with Crippen LogP contribution in [0.1, 0.15) is 45.2 Å². The maximum atomic E-state index is 12.8. The number of benzene rings is 1. The molecule has 0 bridgehead atoms. The van der Waals surface area contributed by atoms with Crippen LogP contribution in [0.25, 0.3) is 0 Å². The van der Waals surface area contributed by atoms with Crippen molar-refractivity contribution < 1.29 is 14.3 Å². The molecule has 0 saturated heterocycles. The molecule has 8 heteroatoms. The molecule has 0 atom stereocenters. The van der Waals surface area contributed by atoms with Crippen LogP contribution < -0.4 is 10.6 Å². The Labute approximate surface area is 157 Å². The van der Waals surface area contributed by atoms with E-state index < -0.39 is 5.91 Å². The van der Waals surface area contributed by atoms with E-state index in [1.807, 2.05) is 10.6 Å². The number of aromatic nitrogens is 2. The zero-order valence-electron chi connectivity index (χ0n) is 15.1. The van der Waals surface area contributed by atoms with Gasteiger partial charge in [0.2, 0.25) is 0 Å². The standard InChI is InChI=1S/C19H21N5O3/c1-27-10-8-21-18(25)16-15-7-2-3-9-24(15)17(23-16)19(26)22-14-6-4-5-13(11-14)12-20/h4-6,11H,2-3,7-10H2,1H3,(H,21,25)(H,22,26). The molecule has 0 aliphatic carbocycles. The zero-order chi connectivity index (χ0) is 19.2. The van der Waals surface area contributed by atoms with E-state index in [-0.39, 0.29) is 11.7 Å². The number of nitriles is 1. The molecule has 27 heavy (non-hydrogen) atoms. The molecular weight excluding hydrogens is 346 g/mol. The lowest BCUT2D eigenvalue weighted by atomic mass is 10.1. The Bertz CT molecular complexity index is 897. The fraction of sp³-hybridized carbons (Fsp3) is 0.368. The Balaban J connectivity index is 1.85. The topological polar surface area (TPSA) is 109 Å². The molecule has 1 aromatic carbocycles. The lowest BCUT2D eigenvalue weighted by Crippen LogP contribution is -2.28. The van der Waals surface area contributed by atoms with E-state index in [2.05, 4.69) is 15.6 Å². The zero-order valence-corrected chi connectivity index (χ0v) is 15.1. The van der Waals surface area contributed by atoms with Crippen LogP contribution >= 0.6 is 0 Å². The first-order chi connectivity index (χ1) is 13.1. The maximum Gasteiger partial charge on any atom is 0.291 e. The minimum absolute atomic E-state index is 0.212. The van der Waals surface area contributed by atoms with Gasteiger partial charge in [0.15, 0.2) is 5.82 Å². The number of carbonyl (C=O) groups is 2. The predicted molar refractivity (Wildman–Crippen MR) is 98.5 cm³/mol. The summed E-state index contributed by atoms with van der Waals surface area (Å²) in [5.74, 6) is -0.489. The average molecular weight is 367 g/mol. The van der Waals surface area contributed by atoms with E-state index >= 15 is 0 Å². The molecule has 0 unspecified atom stereocenters. The minimum Gasteiger partial charge on any atom is -0.383 e. The second-order valence-electron chi connectivity index (χ2n) is 6.23. The Morgan fingerprint density at radius 3 is 2.96 bits per heavy atom. The SMILES string of the molecule is COCCNC(=O)c1nc(C(=O)Nc2cccc(C#N)c2)n2c1CCCC2. The van der Waals surface area contributed by atoms with Crippen LogP contribution in [0, 0.1) is 11.3 Å². The lowest BCUT2D eigenvalue weighted by Gasteiger charge is -2.17. The van der Waals surface area contributed by atoms with Crippen LogP contribution in [0.4, 0.5) is 5.69 Å². The molecule has 2 heterocycles. The smallest absolute Gasteiger partial charge is 0.291 e. The molecule has 0 saturated carbocycles. The van der Waals surface area contributed by atoms with Crippen LogP contribution in [0.3, 0.4) is 0 Å². The summed E-state index contributed by atoms with van der Waals surface area (Å²) in [7, 11) is 1.56. The summed E-state index contributed by atoms with van der Waals surface area (Å²) in [4.78, 5) is 29.6. The van der Waals surface area contributed by atoms with Crippen molar-refractivity contribution in [3.8, 4) is 6.07 Å². The monoisotopic (exact) mass is 367 g/mol. The number of nitrogens with zero attached hydrogens (tertiary/aromatic N) is 3. The second kappa shape index (κ2) is 8.47. The van der Waals surface area contributed by atoms with Crippen molar-refractivity contribution in [1.82, 2.24) is 14.9 Å². The number of hydrogen-bond donors (Lipinski definition) is 2. The summed E-state index contributed by atoms with van der Waals surface area (Å²) in [6, 6.07) is 8.70. The van der Waals surface area contributed by atoms with Gasteiger partial charge >= 0.3 is 0 Å². The first-order valence-corrected chi connectivity index (χ1v) is 8.82.